The van der Waals surface area contributed by atoms with E-state index in [0.717, 1.165) is 24.0 Å². The first kappa shape index (κ1) is 23.4. The van der Waals surface area contributed by atoms with Crippen LogP contribution < -0.4 is 10.6 Å². The molecule has 2 amide bonds. The van der Waals surface area contributed by atoms with Gasteiger partial charge in [0.25, 0.3) is 5.91 Å². The molecule has 1 atom stereocenters. The zero-order chi connectivity index (χ0) is 22.9. The van der Waals surface area contributed by atoms with Gasteiger partial charge in [0, 0.05) is 18.7 Å². The van der Waals surface area contributed by atoms with Crippen molar-refractivity contribution in [3.05, 3.63) is 60.2 Å². The van der Waals surface area contributed by atoms with Crippen molar-refractivity contribution in [3.8, 4) is 11.1 Å². The number of piperazine rings is 1. The lowest BCUT2D eigenvalue weighted by Gasteiger charge is -2.36. The minimum atomic E-state index is -0.814. The molecule has 1 saturated heterocycles. The van der Waals surface area contributed by atoms with Crippen LogP contribution in [0.1, 0.15) is 36.5 Å². The molecule has 8 heteroatoms. The summed E-state index contributed by atoms with van der Waals surface area (Å²) in [7, 11) is 0. The van der Waals surface area contributed by atoms with Crippen molar-refractivity contribution in [2.75, 3.05) is 19.7 Å². The first-order valence-electron chi connectivity index (χ1n) is 10.7. The number of ether oxygens (including phenoxy) is 1. The van der Waals surface area contributed by atoms with E-state index in [2.05, 4.69) is 10.6 Å². The molecule has 0 radical (unpaired) electrons. The zero-order valence-electron chi connectivity index (χ0n) is 18.0. The Kier molecular flexibility index (Phi) is 8.33. The third kappa shape index (κ3) is 6.13. The SMILES string of the molecule is CCCCOC(=O)CC1C(=O)NCCN1C(=S)NC(=O)c1ccc(-c2ccccc2)cc1. The molecule has 7 nitrogen and oxygen atoms in total. The summed E-state index contributed by atoms with van der Waals surface area (Å²) in [6.07, 6.45) is 1.55. The lowest BCUT2D eigenvalue weighted by atomic mass is 10.0. The van der Waals surface area contributed by atoms with Crippen LogP contribution in [-0.2, 0) is 14.3 Å². The molecule has 0 saturated carbocycles. The van der Waals surface area contributed by atoms with Crippen molar-refractivity contribution in [1.82, 2.24) is 15.5 Å². The van der Waals surface area contributed by atoms with Crippen molar-refractivity contribution in [2.45, 2.75) is 32.2 Å². The molecule has 1 aliphatic heterocycles. The van der Waals surface area contributed by atoms with Crippen LogP contribution in [0.15, 0.2) is 54.6 Å². The van der Waals surface area contributed by atoms with Gasteiger partial charge in [-0.25, -0.2) is 0 Å². The van der Waals surface area contributed by atoms with Crippen molar-refractivity contribution in [3.63, 3.8) is 0 Å². The summed E-state index contributed by atoms with van der Waals surface area (Å²) in [5.74, 6) is -1.14. The number of hydrogen-bond acceptors (Lipinski definition) is 5. The number of esters is 1. The molecule has 1 aliphatic rings. The third-order valence-corrected chi connectivity index (χ3v) is 5.52. The van der Waals surface area contributed by atoms with Crippen LogP contribution in [0.2, 0.25) is 0 Å². The van der Waals surface area contributed by atoms with Gasteiger partial charge in [-0.3, -0.25) is 19.7 Å². The molecule has 0 spiro atoms. The molecule has 1 fully saturated rings. The first-order valence-corrected chi connectivity index (χ1v) is 11.1. The molecule has 0 bridgehead atoms. The van der Waals surface area contributed by atoms with Crippen molar-refractivity contribution in [1.29, 1.82) is 0 Å². The molecule has 2 aromatic rings. The second-order valence-electron chi connectivity index (χ2n) is 7.48. The number of rotatable bonds is 7. The number of benzene rings is 2. The minimum absolute atomic E-state index is 0.114. The van der Waals surface area contributed by atoms with Crippen LogP contribution in [0.25, 0.3) is 11.1 Å². The molecule has 168 valence electrons. The van der Waals surface area contributed by atoms with Crippen LogP contribution >= 0.6 is 12.2 Å². The van der Waals surface area contributed by atoms with E-state index < -0.39 is 12.0 Å². The average molecular weight is 454 g/mol. The Morgan fingerprint density at radius 1 is 1.12 bits per heavy atom. The lowest BCUT2D eigenvalue weighted by molar-refractivity contribution is -0.147. The number of carbonyl (C=O) groups is 3. The van der Waals surface area contributed by atoms with Gasteiger partial charge in [0.2, 0.25) is 5.91 Å². The van der Waals surface area contributed by atoms with E-state index >= 15 is 0 Å². The predicted molar refractivity (Wildman–Crippen MR) is 126 cm³/mol. The highest BCUT2D eigenvalue weighted by Crippen LogP contribution is 2.19. The standard InChI is InChI=1S/C24H27N3O4S/c1-2-3-15-31-21(28)16-20-23(30)25-13-14-27(20)24(32)26-22(29)19-11-9-18(10-12-19)17-7-5-4-6-8-17/h4-12,20H,2-3,13-16H2,1H3,(H,25,30)(H,26,29,32). The maximum absolute atomic E-state index is 12.7. The van der Waals surface area contributed by atoms with E-state index in [0.29, 0.717) is 25.3 Å². The maximum atomic E-state index is 12.7. The van der Waals surface area contributed by atoms with Crippen LogP contribution in [0, 0.1) is 0 Å². The van der Waals surface area contributed by atoms with Gasteiger partial charge in [0.05, 0.1) is 13.0 Å². The van der Waals surface area contributed by atoms with Crippen molar-refractivity contribution in [2.24, 2.45) is 0 Å². The Bertz CT molecular complexity index is 963. The van der Waals surface area contributed by atoms with Crippen molar-refractivity contribution >= 4 is 35.1 Å². The number of hydrogen-bond donors (Lipinski definition) is 2. The van der Waals surface area contributed by atoms with Crippen LogP contribution in [0.4, 0.5) is 0 Å². The summed E-state index contributed by atoms with van der Waals surface area (Å²) in [5, 5.41) is 5.54. The fraction of sp³-hybridized carbons (Fsp3) is 0.333. The largest absolute Gasteiger partial charge is 0.466 e. The molecule has 1 heterocycles. The van der Waals surface area contributed by atoms with Crippen LogP contribution in [0.3, 0.4) is 0 Å². The molecular weight excluding hydrogens is 426 g/mol. The Morgan fingerprint density at radius 2 is 1.81 bits per heavy atom. The summed E-state index contributed by atoms with van der Waals surface area (Å²) >= 11 is 5.40. The average Bonchev–Trinajstić information content (AvgIpc) is 2.81. The highest BCUT2D eigenvalue weighted by atomic mass is 32.1. The van der Waals surface area contributed by atoms with E-state index in [9.17, 15) is 14.4 Å². The van der Waals surface area contributed by atoms with Gasteiger partial charge in [-0.15, -0.1) is 0 Å². The topological polar surface area (TPSA) is 87.7 Å². The summed E-state index contributed by atoms with van der Waals surface area (Å²) < 4.78 is 5.18. The Morgan fingerprint density at radius 3 is 2.50 bits per heavy atom. The van der Waals surface area contributed by atoms with E-state index in [1.54, 1.807) is 17.0 Å². The number of carbonyl (C=O) groups excluding carboxylic acids is 3. The van der Waals surface area contributed by atoms with Crippen LogP contribution in [0.5, 0.6) is 0 Å². The van der Waals surface area contributed by atoms with E-state index in [4.69, 9.17) is 17.0 Å². The second kappa shape index (κ2) is 11.4. The lowest BCUT2D eigenvalue weighted by Crippen LogP contribution is -2.60. The summed E-state index contributed by atoms with van der Waals surface area (Å²) in [4.78, 5) is 38.8. The number of thiocarbonyl (C=S) groups is 1. The molecule has 32 heavy (non-hydrogen) atoms. The van der Waals surface area contributed by atoms with Gasteiger partial charge < -0.3 is 15.0 Å². The maximum Gasteiger partial charge on any atom is 0.308 e. The van der Waals surface area contributed by atoms with E-state index in [1.807, 2.05) is 49.4 Å². The van der Waals surface area contributed by atoms with Gasteiger partial charge in [0.15, 0.2) is 5.11 Å². The number of unbranched alkanes of at least 4 members (excludes halogenated alkanes) is 1. The number of nitrogens with one attached hydrogen (secondary N) is 2. The monoisotopic (exact) mass is 453 g/mol. The quantitative estimate of drug-likeness (QED) is 0.381. The molecule has 2 aromatic carbocycles. The summed E-state index contributed by atoms with van der Waals surface area (Å²) in [5.41, 5.74) is 2.51. The molecule has 3 rings (SSSR count). The Labute approximate surface area is 193 Å². The van der Waals surface area contributed by atoms with Gasteiger partial charge in [0.1, 0.15) is 6.04 Å². The normalized spacial score (nSPS) is 15.6. The van der Waals surface area contributed by atoms with Gasteiger partial charge in [-0.2, -0.15) is 0 Å². The minimum Gasteiger partial charge on any atom is -0.466 e. The Hall–Kier alpha value is -3.26. The van der Waals surface area contributed by atoms with Gasteiger partial charge in [-0.1, -0.05) is 55.8 Å². The number of nitrogens with zero attached hydrogens (tertiary/aromatic N) is 1. The zero-order valence-corrected chi connectivity index (χ0v) is 18.8. The van der Waals surface area contributed by atoms with Gasteiger partial charge in [-0.05, 0) is 41.9 Å². The van der Waals surface area contributed by atoms with E-state index in [1.165, 1.54) is 0 Å². The van der Waals surface area contributed by atoms with Crippen LogP contribution in [-0.4, -0.2) is 53.5 Å². The van der Waals surface area contributed by atoms with Gasteiger partial charge >= 0.3 is 5.97 Å². The second-order valence-corrected chi connectivity index (χ2v) is 7.87. The highest BCUT2D eigenvalue weighted by molar-refractivity contribution is 7.80. The Balaban J connectivity index is 1.62. The number of amides is 2. The molecule has 0 aromatic heterocycles. The smallest absolute Gasteiger partial charge is 0.308 e. The molecule has 0 aliphatic carbocycles. The third-order valence-electron chi connectivity index (χ3n) is 5.19. The predicted octanol–water partition coefficient (Wildman–Crippen LogP) is 2.90. The van der Waals surface area contributed by atoms with Crippen molar-refractivity contribution < 1.29 is 19.1 Å². The highest BCUT2D eigenvalue weighted by Gasteiger charge is 2.34. The fourth-order valence-corrected chi connectivity index (χ4v) is 3.70. The fourth-order valence-electron chi connectivity index (χ4n) is 3.39. The molecule has 2 N–H and O–H groups in total. The molecule has 1 unspecified atom stereocenters. The summed E-state index contributed by atoms with van der Waals surface area (Å²) in [6, 6.07) is 16.2. The van der Waals surface area contributed by atoms with E-state index in [-0.39, 0.29) is 23.3 Å². The summed E-state index contributed by atoms with van der Waals surface area (Å²) in [6.45, 7) is 3.09. The molecular formula is C24H27N3O4S. The first-order chi connectivity index (χ1) is 15.5.